The summed E-state index contributed by atoms with van der Waals surface area (Å²) in [5.41, 5.74) is 0.419. The number of esters is 1. The van der Waals surface area contributed by atoms with Gasteiger partial charge in [0.15, 0.2) is 5.17 Å². The maximum Gasteiger partial charge on any atom is 0.332 e. The number of pyridine rings is 1. The van der Waals surface area contributed by atoms with Crippen LogP contribution in [-0.4, -0.2) is 50.5 Å². The molecule has 3 aliphatic rings. The predicted molar refractivity (Wildman–Crippen MR) is 155 cm³/mol. The summed E-state index contributed by atoms with van der Waals surface area (Å²) in [6.45, 7) is 10.2. The Balaban J connectivity index is 1.63. The first-order chi connectivity index (χ1) is 19.0. The molecule has 1 aliphatic carbocycles. The van der Waals surface area contributed by atoms with Crippen molar-refractivity contribution < 1.29 is 18.7 Å². The Morgan fingerprint density at radius 1 is 1.23 bits per heavy atom. The summed E-state index contributed by atoms with van der Waals surface area (Å²) in [7, 11) is 0. The number of amides is 1. The normalized spacial score (nSPS) is 22.9. The molecule has 1 aromatic heterocycles. The van der Waals surface area contributed by atoms with Crippen molar-refractivity contribution in [3.8, 4) is 0 Å². The third kappa shape index (κ3) is 4.60. The van der Waals surface area contributed by atoms with Crippen LogP contribution in [0.4, 0.5) is 4.39 Å². The molecule has 2 aromatic rings. The van der Waals surface area contributed by atoms with Crippen molar-refractivity contribution in [2.75, 3.05) is 13.2 Å². The molecule has 5 rings (SSSR count). The highest BCUT2D eigenvalue weighted by atomic mass is 35.5. The number of carbonyl (C=O) groups is 2. The third-order valence-electron chi connectivity index (χ3n) is 7.78. The van der Waals surface area contributed by atoms with Crippen molar-refractivity contribution in [3.63, 3.8) is 0 Å². The van der Waals surface area contributed by atoms with Crippen LogP contribution in [0.15, 0.2) is 52.1 Å². The third-order valence-corrected chi connectivity index (χ3v) is 9.37. The second kappa shape index (κ2) is 10.7. The van der Waals surface area contributed by atoms with Crippen LogP contribution in [0.2, 0.25) is 10.2 Å². The number of halogens is 3. The van der Waals surface area contributed by atoms with E-state index in [0.717, 1.165) is 11.3 Å². The van der Waals surface area contributed by atoms with Gasteiger partial charge in [0.1, 0.15) is 27.0 Å². The Labute approximate surface area is 247 Å². The molecule has 2 aliphatic heterocycles. The molecular weight excluding hydrogens is 574 g/mol. The highest BCUT2D eigenvalue weighted by molar-refractivity contribution is 8.18. The van der Waals surface area contributed by atoms with E-state index in [1.165, 1.54) is 23.9 Å². The molecule has 2 atom stereocenters. The zero-order valence-corrected chi connectivity index (χ0v) is 25.3. The van der Waals surface area contributed by atoms with Crippen LogP contribution in [0.1, 0.15) is 64.6 Å². The molecule has 0 bridgehead atoms. The van der Waals surface area contributed by atoms with Crippen molar-refractivity contribution in [1.82, 2.24) is 14.8 Å². The van der Waals surface area contributed by atoms with E-state index in [1.54, 1.807) is 30.2 Å². The van der Waals surface area contributed by atoms with Gasteiger partial charge in [0, 0.05) is 24.0 Å². The van der Waals surface area contributed by atoms with Crippen molar-refractivity contribution >= 4 is 52.0 Å². The molecule has 1 amide bonds. The molecule has 0 spiro atoms. The number of ether oxygens (including phenoxy) is 1. The average Bonchev–Trinajstić information content (AvgIpc) is 3.55. The number of hydrogen-bond acceptors (Lipinski definition) is 7. The van der Waals surface area contributed by atoms with Crippen molar-refractivity contribution in [2.45, 2.75) is 64.6 Å². The smallest absolute Gasteiger partial charge is 0.332 e. The zero-order valence-electron chi connectivity index (χ0n) is 23.0. The summed E-state index contributed by atoms with van der Waals surface area (Å²) in [4.78, 5) is 40.7. The van der Waals surface area contributed by atoms with Gasteiger partial charge in [-0.2, -0.15) is 0 Å². The number of allylic oxidation sites excluding steroid dienone is 1. The number of amidine groups is 1. The standard InChI is InChI=1S/C29H31Cl2FN4O3S/c1-6-35(29(12-13-29)26(38)39-7-2)25(37)23-22(16(3)4)36-24(17-8-10-19(30)20(32)14-17)28(5,34-27(36)40-23)18-9-11-21(31)33-15-18/h8-11,14-16,24H,6-7,12-13H2,1-5H3/t24?,28-/m0/s1. The summed E-state index contributed by atoms with van der Waals surface area (Å²) < 4.78 is 20.2. The van der Waals surface area contributed by atoms with Crippen LogP contribution in [-0.2, 0) is 19.9 Å². The highest BCUT2D eigenvalue weighted by Gasteiger charge is 2.59. The molecule has 1 saturated carbocycles. The molecule has 212 valence electrons. The van der Waals surface area contributed by atoms with Crippen LogP contribution in [0.3, 0.4) is 0 Å². The topological polar surface area (TPSA) is 75.1 Å². The molecule has 0 N–H and O–H groups in total. The molecule has 0 radical (unpaired) electrons. The Kier molecular flexibility index (Phi) is 7.70. The van der Waals surface area contributed by atoms with E-state index in [-0.39, 0.29) is 29.4 Å². The van der Waals surface area contributed by atoms with Crippen LogP contribution in [0.5, 0.6) is 0 Å². The second-order valence-corrected chi connectivity index (χ2v) is 12.4. The monoisotopic (exact) mass is 604 g/mol. The lowest BCUT2D eigenvalue weighted by atomic mass is 9.81. The van der Waals surface area contributed by atoms with Gasteiger partial charge in [-0.05, 0) is 75.1 Å². The Hall–Kier alpha value is -2.62. The summed E-state index contributed by atoms with van der Waals surface area (Å²) >= 11 is 13.4. The molecule has 11 heteroatoms. The van der Waals surface area contributed by atoms with Gasteiger partial charge >= 0.3 is 5.97 Å². The maximum atomic E-state index is 14.8. The van der Waals surface area contributed by atoms with E-state index in [4.69, 9.17) is 32.9 Å². The van der Waals surface area contributed by atoms with Crippen molar-refractivity contribution in [3.05, 3.63) is 74.3 Å². The number of aliphatic imine (C=N–C) groups is 1. The van der Waals surface area contributed by atoms with Gasteiger partial charge in [-0.3, -0.25) is 4.79 Å². The number of likely N-dealkylation sites (N-methyl/N-ethyl adjacent to an activating group) is 1. The number of hydrogen-bond donors (Lipinski definition) is 0. The molecule has 1 fully saturated rings. The average molecular weight is 606 g/mol. The van der Waals surface area contributed by atoms with Gasteiger partial charge in [-0.15, -0.1) is 0 Å². The Bertz CT molecular complexity index is 1430. The van der Waals surface area contributed by atoms with Gasteiger partial charge < -0.3 is 14.5 Å². The lowest BCUT2D eigenvalue weighted by Crippen LogP contribution is -2.48. The van der Waals surface area contributed by atoms with E-state index in [0.29, 0.717) is 40.2 Å². The lowest BCUT2D eigenvalue weighted by molar-refractivity contribution is -0.155. The summed E-state index contributed by atoms with van der Waals surface area (Å²) in [6, 6.07) is 7.82. The summed E-state index contributed by atoms with van der Waals surface area (Å²) in [5, 5.41) is 1.01. The fourth-order valence-electron chi connectivity index (χ4n) is 5.72. The number of rotatable bonds is 8. The maximum absolute atomic E-state index is 14.8. The second-order valence-electron chi connectivity index (χ2n) is 10.6. The van der Waals surface area contributed by atoms with E-state index < -0.39 is 22.9 Å². The minimum Gasteiger partial charge on any atom is -0.464 e. The van der Waals surface area contributed by atoms with Crippen molar-refractivity contribution in [1.29, 1.82) is 0 Å². The number of benzene rings is 1. The van der Waals surface area contributed by atoms with E-state index in [1.807, 2.05) is 38.7 Å². The van der Waals surface area contributed by atoms with Crippen LogP contribution < -0.4 is 0 Å². The van der Waals surface area contributed by atoms with Gasteiger partial charge in [-0.1, -0.05) is 49.2 Å². The van der Waals surface area contributed by atoms with Gasteiger partial charge in [0.05, 0.1) is 17.7 Å². The zero-order chi connectivity index (χ0) is 29.0. The van der Waals surface area contributed by atoms with E-state index in [2.05, 4.69) is 4.98 Å². The number of thioether (sulfide) groups is 1. The minimum atomic E-state index is -0.936. The first-order valence-electron chi connectivity index (χ1n) is 13.4. The quantitative estimate of drug-likeness (QED) is 0.246. The van der Waals surface area contributed by atoms with E-state index >= 15 is 0 Å². The lowest BCUT2D eigenvalue weighted by Gasteiger charge is -2.37. The minimum absolute atomic E-state index is 0.0244. The number of fused-ring (bicyclic) bond motifs is 1. The molecule has 0 saturated heterocycles. The Morgan fingerprint density at radius 2 is 1.95 bits per heavy atom. The van der Waals surface area contributed by atoms with Crippen LogP contribution in [0.25, 0.3) is 0 Å². The largest absolute Gasteiger partial charge is 0.464 e. The van der Waals surface area contributed by atoms with Crippen LogP contribution in [0, 0.1) is 11.7 Å². The van der Waals surface area contributed by atoms with Crippen molar-refractivity contribution in [2.24, 2.45) is 10.9 Å². The first kappa shape index (κ1) is 28.9. The van der Waals surface area contributed by atoms with Gasteiger partial charge in [0.25, 0.3) is 5.91 Å². The first-order valence-corrected chi connectivity index (χ1v) is 14.9. The Morgan fingerprint density at radius 3 is 2.50 bits per heavy atom. The fraction of sp³-hybridized carbons (Fsp3) is 0.448. The SMILES string of the molecule is CCOC(=O)C1(N(CC)C(=O)C2=C(C(C)C)N3C(=N[C@@](C)(c4ccc(Cl)nc4)C3c3ccc(Cl)c(F)c3)S2)CC1. The number of aromatic nitrogens is 1. The molecule has 3 heterocycles. The summed E-state index contributed by atoms with van der Waals surface area (Å²) in [6.07, 6.45) is 2.82. The molecule has 1 unspecified atom stereocenters. The molecule has 1 aromatic carbocycles. The molecular formula is C29H31Cl2FN4O3S. The number of carbonyl (C=O) groups excluding carboxylic acids is 2. The molecule has 40 heavy (non-hydrogen) atoms. The predicted octanol–water partition coefficient (Wildman–Crippen LogP) is 6.71. The number of nitrogens with zero attached hydrogens (tertiary/aromatic N) is 4. The van der Waals surface area contributed by atoms with E-state index in [9.17, 15) is 14.0 Å². The van der Waals surface area contributed by atoms with Crippen LogP contribution >= 0.6 is 35.0 Å². The molecule has 7 nitrogen and oxygen atoms in total. The van der Waals surface area contributed by atoms with Gasteiger partial charge in [-0.25, -0.2) is 19.2 Å². The fourth-order valence-corrected chi connectivity index (χ4v) is 7.31. The van der Waals surface area contributed by atoms with Gasteiger partial charge in [0.2, 0.25) is 0 Å². The highest BCUT2D eigenvalue weighted by Crippen LogP contribution is 2.57. The summed E-state index contributed by atoms with van der Waals surface area (Å²) in [5.74, 6) is -1.21.